The molecule has 0 spiro atoms. The van der Waals surface area contributed by atoms with E-state index in [0.717, 1.165) is 19.4 Å². The summed E-state index contributed by atoms with van der Waals surface area (Å²) in [5.74, 6) is 0. The summed E-state index contributed by atoms with van der Waals surface area (Å²) in [6, 6.07) is 0.137. The Bertz CT molecular complexity index is 225. The topological polar surface area (TPSA) is 64.8 Å². The highest BCUT2D eigenvalue weighted by Gasteiger charge is 2.28. The Balaban J connectivity index is 2.37. The van der Waals surface area contributed by atoms with Crippen LogP contribution < -0.4 is 5.73 Å². The van der Waals surface area contributed by atoms with Gasteiger partial charge in [-0.2, -0.15) is 0 Å². The average Bonchev–Trinajstić information content (AvgIpc) is 2.48. The molecule has 1 fully saturated rings. The van der Waals surface area contributed by atoms with Crippen LogP contribution in [0.4, 0.5) is 4.79 Å². The molecule has 5 nitrogen and oxygen atoms in total. The molecule has 5 heteroatoms. The number of rotatable bonds is 2. The standard InChI is InChI=1S/C10H20N2O3/c1-10(2,3)14-9(13)15-12-6-4-5-8(12)7-11/h8H,4-7,11H2,1-3H3/t8-/m0/s1. The van der Waals surface area contributed by atoms with E-state index in [9.17, 15) is 4.79 Å². The zero-order chi connectivity index (χ0) is 11.5. The van der Waals surface area contributed by atoms with Crippen LogP contribution in [0.3, 0.4) is 0 Å². The molecule has 0 aromatic heterocycles. The van der Waals surface area contributed by atoms with Gasteiger partial charge in [-0.1, -0.05) is 0 Å². The van der Waals surface area contributed by atoms with Gasteiger partial charge in [0.05, 0.1) is 6.04 Å². The van der Waals surface area contributed by atoms with Gasteiger partial charge in [-0.05, 0) is 33.6 Å². The molecule has 0 aliphatic carbocycles. The maximum atomic E-state index is 11.3. The summed E-state index contributed by atoms with van der Waals surface area (Å²) in [5, 5.41) is 1.62. The molecule has 0 bridgehead atoms. The third kappa shape index (κ3) is 4.05. The smallest absolute Gasteiger partial charge is 0.427 e. The monoisotopic (exact) mass is 216 g/mol. The summed E-state index contributed by atoms with van der Waals surface area (Å²) in [6.45, 7) is 6.65. The number of nitrogens with zero attached hydrogens (tertiary/aromatic N) is 1. The molecule has 0 aromatic rings. The lowest BCUT2D eigenvalue weighted by molar-refractivity contribution is -0.148. The number of hydroxylamine groups is 2. The largest absolute Gasteiger partial charge is 0.528 e. The predicted molar refractivity (Wildman–Crippen MR) is 56.1 cm³/mol. The van der Waals surface area contributed by atoms with Crippen LogP contribution in [0.1, 0.15) is 33.6 Å². The number of nitrogens with two attached hydrogens (primary N) is 1. The molecule has 1 aliphatic heterocycles. The van der Waals surface area contributed by atoms with Crippen LogP contribution in [0.5, 0.6) is 0 Å². The van der Waals surface area contributed by atoms with Crippen LogP contribution >= 0.6 is 0 Å². The summed E-state index contributed by atoms with van der Waals surface area (Å²) < 4.78 is 5.05. The highest BCUT2D eigenvalue weighted by Crippen LogP contribution is 2.18. The first kappa shape index (κ1) is 12.3. The Kier molecular flexibility index (Phi) is 3.93. The molecule has 1 heterocycles. The molecule has 0 aromatic carbocycles. The first-order valence-electron chi connectivity index (χ1n) is 5.30. The summed E-state index contributed by atoms with van der Waals surface area (Å²) in [4.78, 5) is 16.4. The molecule has 2 N–H and O–H groups in total. The van der Waals surface area contributed by atoms with Gasteiger partial charge in [0.15, 0.2) is 0 Å². The summed E-state index contributed by atoms with van der Waals surface area (Å²) in [5.41, 5.74) is 5.03. The average molecular weight is 216 g/mol. The molecule has 1 atom stereocenters. The van der Waals surface area contributed by atoms with Crippen molar-refractivity contribution in [1.29, 1.82) is 0 Å². The maximum absolute atomic E-state index is 11.3. The fraction of sp³-hybridized carbons (Fsp3) is 0.900. The van der Waals surface area contributed by atoms with E-state index >= 15 is 0 Å². The van der Waals surface area contributed by atoms with Crippen LogP contribution in [-0.2, 0) is 9.57 Å². The van der Waals surface area contributed by atoms with Crippen LogP contribution in [0.2, 0.25) is 0 Å². The molecule has 1 aliphatic rings. The lowest BCUT2D eigenvalue weighted by Crippen LogP contribution is -2.38. The third-order valence-electron chi connectivity index (χ3n) is 2.18. The quantitative estimate of drug-likeness (QED) is 0.704. The molecular weight excluding hydrogens is 196 g/mol. The van der Waals surface area contributed by atoms with E-state index in [-0.39, 0.29) is 6.04 Å². The molecule has 0 radical (unpaired) electrons. The van der Waals surface area contributed by atoms with E-state index in [4.69, 9.17) is 15.3 Å². The van der Waals surface area contributed by atoms with E-state index in [2.05, 4.69) is 0 Å². The zero-order valence-electron chi connectivity index (χ0n) is 9.66. The number of hydrogen-bond acceptors (Lipinski definition) is 5. The first-order valence-corrected chi connectivity index (χ1v) is 5.30. The highest BCUT2D eigenvalue weighted by atomic mass is 16.8. The van der Waals surface area contributed by atoms with Crippen molar-refractivity contribution in [3.8, 4) is 0 Å². The summed E-state index contributed by atoms with van der Waals surface area (Å²) in [7, 11) is 0. The molecule has 88 valence electrons. The van der Waals surface area contributed by atoms with E-state index in [1.165, 1.54) is 0 Å². The van der Waals surface area contributed by atoms with Crippen LogP contribution in [0.25, 0.3) is 0 Å². The normalized spacial score (nSPS) is 22.8. The van der Waals surface area contributed by atoms with Crippen molar-refractivity contribution in [3.05, 3.63) is 0 Å². The van der Waals surface area contributed by atoms with Crippen molar-refractivity contribution < 1.29 is 14.4 Å². The molecule has 0 saturated carbocycles. The van der Waals surface area contributed by atoms with Gasteiger partial charge in [-0.3, -0.25) is 0 Å². The van der Waals surface area contributed by atoms with Gasteiger partial charge in [0.2, 0.25) is 0 Å². The Labute approximate surface area is 90.5 Å². The van der Waals surface area contributed by atoms with E-state index in [0.29, 0.717) is 6.54 Å². The third-order valence-corrected chi connectivity index (χ3v) is 2.18. The fourth-order valence-corrected chi connectivity index (χ4v) is 1.53. The Morgan fingerprint density at radius 3 is 2.73 bits per heavy atom. The van der Waals surface area contributed by atoms with Gasteiger partial charge < -0.3 is 15.3 Å². The van der Waals surface area contributed by atoms with E-state index in [1.807, 2.05) is 0 Å². The maximum Gasteiger partial charge on any atom is 0.528 e. The number of carbonyl (C=O) groups is 1. The Morgan fingerprint density at radius 1 is 1.53 bits per heavy atom. The second kappa shape index (κ2) is 4.81. The second-order valence-corrected chi connectivity index (χ2v) is 4.73. The number of ether oxygens (including phenoxy) is 1. The van der Waals surface area contributed by atoms with Crippen molar-refractivity contribution in [3.63, 3.8) is 0 Å². The van der Waals surface area contributed by atoms with Crippen LogP contribution in [-0.4, -0.2) is 36.0 Å². The summed E-state index contributed by atoms with van der Waals surface area (Å²) in [6.07, 6.45) is 1.33. The van der Waals surface area contributed by atoms with Crippen molar-refractivity contribution >= 4 is 6.16 Å². The van der Waals surface area contributed by atoms with Gasteiger partial charge in [0.1, 0.15) is 5.60 Å². The minimum absolute atomic E-state index is 0.137. The first-order chi connectivity index (χ1) is 6.92. The van der Waals surface area contributed by atoms with Crippen molar-refractivity contribution in [2.24, 2.45) is 5.73 Å². The zero-order valence-corrected chi connectivity index (χ0v) is 9.66. The van der Waals surface area contributed by atoms with Crippen LogP contribution in [0.15, 0.2) is 0 Å². The van der Waals surface area contributed by atoms with Gasteiger partial charge in [0, 0.05) is 13.1 Å². The minimum Gasteiger partial charge on any atom is -0.427 e. The second-order valence-electron chi connectivity index (χ2n) is 4.73. The summed E-state index contributed by atoms with van der Waals surface area (Å²) >= 11 is 0. The molecule has 0 amide bonds. The van der Waals surface area contributed by atoms with Gasteiger partial charge in [0.25, 0.3) is 0 Å². The Hall–Kier alpha value is -0.810. The predicted octanol–water partition coefficient (Wildman–Crippen LogP) is 1.28. The van der Waals surface area contributed by atoms with E-state index < -0.39 is 11.8 Å². The Morgan fingerprint density at radius 2 is 2.20 bits per heavy atom. The van der Waals surface area contributed by atoms with Gasteiger partial charge in [-0.25, -0.2) is 4.79 Å². The number of carbonyl (C=O) groups excluding carboxylic acids is 1. The molecular formula is C10H20N2O3. The SMILES string of the molecule is CC(C)(C)OC(=O)ON1CCC[C@H]1CN. The van der Waals surface area contributed by atoms with Gasteiger partial charge in [-0.15, -0.1) is 5.06 Å². The van der Waals surface area contributed by atoms with Crippen molar-refractivity contribution in [2.45, 2.75) is 45.3 Å². The van der Waals surface area contributed by atoms with Crippen LogP contribution in [0, 0.1) is 0 Å². The molecule has 15 heavy (non-hydrogen) atoms. The number of hydrogen-bond donors (Lipinski definition) is 1. The minimum atomic E-state index is -0.650. The molecule has 0 unspecified atom stereocenters. The van der Waals surface area contributed by atoms with Crippen molar-refractivity contribution in [1.82, 2.24) is 5.06 Å². The van der Waals surface area contributed by atoms with E-state index in [1.54, 1.807) is 25.8 Å². The lowest BCUT2D eigenvalue weighted by atomic mass is 10.2. The fourth-order valence-electron chi connectivity index (χ4n) is 1.53. The molecule has 1 rings (SSSR count). The van der Waals surface area contributed by atoms with Crippen molar-refractivity contribution in [2.75, 3.05) is 13.1 Å². The molecule has 1 saturated heterocycles. The lowest BCUT2D eigenvalue weighted by Gasteiger charge is -2.24. The highest BCUT2D eigenvalue weighted by molar-refractivity contribution is 5.60. The van der Waals surface area contributed by atoms with Gasteiger partial charge >= 0.3 is 6.16 Å².